The van der Waals surface area contributed by atoms with E-state index in [1.807, 2.05) is 48.5 Å². The number of carbonyl (C=O) groups is 1. The molecule has 0 saturated carbocycles. The van der Waals surface area contributed by atoms with Crippen LogP contribution in [0.5, 0.6) is 0 Å². The Balaban J connectivity index is 1.73. The topological polar surface area (TPSA) is 53.5 Å². The molecule has 2 aliphatic rings. The lowest BCUT2D eigenvalue weighted by Gasteiger charge is -2.29. The van der Waals surface area contributed by atoms with Gasteiger partial charge in [0.1, 0.15) is 5.82 Å². The van der Waals surface area contributed by atoms with Crippen LogP contribution in [0.4, 0.5) is 21.5 Å². The van der Waals surface area contributed by atoms with Gasteiger partial charge in [0.05, 0.1) is 17.1 Å². The molecule has 1 unspecified atom stereocenters. The highest BCUT2D eigenvalue weighted by Gasteiger charge is 2.48. The molecule has 1 spiro atoms. The summed E-state index contributed by atoms with van der Waals surface area (Å²) < 4.78 is 13.4. The highest BCUT2D eigenvalue weighted by atomic mass is 19.1. The van der Waals surface area contributed by atoms with E-state index >= 15 is 0 Å². The zero-order valence-corrected chi connectivity index (χ0v) is 14.4. The van der Waals surface area contributed by atoms with Gasteiger partial charge in [-0.2, -0.15) is 0 Å². The summed E-state index contributed by atoms with van der Waals surface area (Å²) in [5, 5.41) is 6.43. The minimum absolute atomic E-state index is 0.116. The maximum Gasteiger partial charge on any atom is 0.255 e. The Morgan fingerprint density at radius 3 is 2.41 bits per heavy atom. The summed E-state index contributed by atoms with van der Waals surface area (Å²) in [5.41, 5.74) is 3.81. The molecule has 1 atom stereocenters. The molecule has 2 N–H and O–H groups in total. The Labute approximate surface area is 155 Å². The van der Waals surface area contributed by atoms with Gasteiger partial charge in [0.2, 0.25) is 0 Å². The number of amides is 1. The molecule has 0 aromatic heterocycles. The summed E-state index contributed by atoms with van der Waals surface area (Å²) in [5.74, 6) is -0.416. The second-order valence-corrected chi connectivity index (χ2v) is 6.79. The van der Waals surface area contributed by atoms with Gasteiger partial charge in [-0.05, 0) is 35.9 Å². The molecule has 5 heteroatoms. The summed E-state index contributed by atoms with van der Waals surface area (Å²) in [6.45, 7) is 0. The number of rotatable bonds is 1. The number of hydrogen-bond acceptors (Lipinski definition) is 3. The number of anilines is 2. The van der Waals surface area contributed by atoms with Gasteiger partial charge >= 0.3 is 0 Å². The van der Waals surface area contributed by atoms with Crippen molar-refractivity contribution in [3.05, 3.63) is 89.7 Å². The van der Waals surface area contributed by atoms with Crippen molar-refractivity contribution in [1.29, 1.82) is 0 Å². The molecule has 1 amide bonds. The van der Waals surface area contributed by atoms with Gasteiger partial charge in [-0.15, -0.1) is 0 Å². The van der Waals surface area contributed by atoms with Crippen molar-refractivity contribution in [2.24, 2.45) is 4.99 Å². The van der Waals surface area contributed by atoms with E-state index in [0.29, 0.717) is 6.42 Å². The summed E-state index contributed by atoms with van der Waals surface area (Å²) in [6.07, 6.45) is 0.357. The summed E-state index contributed by atoms with van der Waals surface area (Å²) in [7, 11) is 0. The fourth-order valence-corrected chi connectivity index (χ4v) is 3.81. The van der Waals surface area contributed by atoms with E-state index in [9.17, 15) is 9.18 Å². The lowest BCUT2D eigenvalue weighted by molar-refractivity contribution is -0.119. The average Bonchev–Trinajstić information content (AvgIpc) is 2.84. The molecule has 0 bridgehead atoms. The molecule has 2 heterocycles. The average molecular weight is 357 g/mol. The Kier molecular flexibility index (Phi) is 3.37. The first-order chi connectivity index (χ1) is 13.2. The van der Waals surface area contributed by atoms with Crippen molar-refractivity contribution in [3.63, 3.8) is 0 Å². The molecule has 5 rings (SSSR count). The largest absolute Gasteiger partial charge is 0.365 e. The van der Waals surface area contributed by atoms with Crippen molar-refractivity contribution >= 4 is 28.7 Å². The molecule has 0 radical (unpaired) electrons. The fraction of sp³-hybridized carbons (Fsp3) is 0.0909. The van der Waals surface area contributed by atoms with Crippen molar-refractivity contribution in [2.75, 3.05) is 10.6 Å². The molecule has 132 valence electrons. The van der Waals surface area contributed by atoms with E-state index in [4.69, 9.17) is 4.99 Å². The van der Waals surface area contributed by atoms with Crippen LogP contribution in [0.1, 0.15) is 17.5 Å². The Morgan fingerprint density at radius 1 is 0.889 bits per heavy atom. The lowest BCUT2D eigenvalue weighted by atomic mass is 9.84. The highest BCUT2D eigenvalue weighted by molar-refractivity contribution is 6.14. The monoisotopic (exact) mass is 357 g/mol. The predicted octanol–water partition coefficient (Wildman–Crippen LogP) is 4.61. The number of para-hydroxylation sites is 3. The standard InChI is InChI=1S/C22H16FN3O/c23-15-11-9-14(10-12-15)20-13-22(26-19-8-4-3-7-18(19)24-20)16-5-1-2-6-17(16)25-21(22)27/h1-12,26H,13H2,(H,25,27). The van der Waals surface area contributed by atoms with E-state index in [1.54, 1.807) is 12.1 Å². The number of nitrogens with one attached hydrogen (secondary N) is 2. The van der Waals surface area contributed by atoms with E-state index < -0.39 is 5.54 Å². The van der Waals surface area contributed by atoms with Crippen LogP contribution in [-0.4, -0.2) is 11.6 Å². The zero-order chi connectivity index (χ0) is 18.4. The third-order valence-electron chi connectivity index (χ3n) is 5.14. The van der Waals surface area contributed by atoms with Gasteiger partial charge in [0.25, 0.3) is 5.91 Å². The van der Waals surface area contributed by atoms with Crippen LogP contribution in [0.25, 0.3) is 0 Å². The summed E-state index contributed by atoms with van der Waals surface area (Å²) >= 11 is 0. The third-order valence-corrected chi connectivity index (χ3v) is 5.14. The number of aliphatic imine (C=N–C) groups is 1. The maximum atomic E-state index is 13.4. The third kappa shape index (κ3) is 2.43. The van der Waals surface area contributed by atoms with Crippen LogP contribution in [0.15, 0.2) is 77.8 Å². The number of halogens is 1. The quantitative estimate of drug-likeness (QED) is 0.668. The van der Waals surface area contributed by atoms with Crippen molar-refractivity contribution < 1.29 is 9.18 Å². The van der Waals surface area contributed by atoms with E-state index in [-0.39, 0.29) is 11.7 Å². The first kappa shape index (κ1) is 15.8. The van der Waals surface area contributed by atoms with Gasteiger partial charge in [-0.3, -0.25) is 9.79 Å². The molecule has 27 heavy (non-hydrogen) atoms. The van der Waals surface area contributed by atoms with Crippen molar-refractivity contribution in [3.8, 4) is 0 Å². The second kappa shape index (κ2) is 5.77. The first-order valence-corrected chi connectivity index (χ1v) is 8.77. The Bertz CT molecular complexity index is 1090. The maximum absolute atomic E-state index is 13.4. The zero-order valence-electron chi connectivity index (χ0n) is 14.4. The van der Waals surface area contributed by atoms with Gasteiger partial charge in [-0.1, -0.05) is 42.5 Å². The Morgan fingerprint density at radius 2 is 1.59 bits per heavy atom. The van der Waals surface area contributed by atoms with Gasteiger partial charge in [0, 0.05) is 17.7 Å². The first-order valence-electron chi connectivity index (χ1n) is 8.77. The number of hydrogen-bond donors (Lipinski definition) is 2. The van der Waals surface area contributed by atoms with Gasteiger partial charge < -0.3 is 10.6 Å². The van der Waals surface area contributed by atoms with Crippen LogP contribution in [0.2, 0.25) is 0 Å². The van der Waals surface area contributed by atoms with Crippen molar-refractivity contribution in [1.82, 2.24) is 0 Å². The molecular weight excluding hydrogens is 341 g/mol. The number of carbonyl (C=O) groups excluding carboxylic acids is 1. The minimum Gasteiger partial charge on any atom is -0.365 e. The molecule has 0 saturated heterocycles. The van der Waals surface area contributed by atoms with E-state index in [0.717, 1.165) is 33.9 Å². The van der Waals surface area contributed by atoms with Gasteiger partial charge in [0.15, 0.2) is 5.54 Å². The van der Waals surface area contributed by atoms with Crippen molar-refractivity contribution in [2.45, 2.75) is 12.0 Å². The smallest absolute Gasteiger partial charge is 0.255 e. The molecular formula is C22H16FN3O. The number of nitrogens with zero attached hydrogens (tertiary/aromatic N) is 1. The van der Waals surface area contributed by atoms with Crippen LogP contribution in [0.3, 0.4) is 0 Å². The minimum atomic E-state index is -0.962. The fourth-order valence-electron chi connectivity index (χ4n) is 3.81. The predicted molar refractivity (Wildman–Crippen MR) is 104 cm³/mol. The molecule has 3 aromatic carbocycles. The van der Waals surface area contributed by atoms with Crippen LogP contribution in [0, 0.1) is 5.82 Å². The lowest BCUT2D eigenvalue weighted by Crippen LogP contribution is -2.43. The van der Waals surface area contributed by atoms with Gasteiger partial charge in [-0.25, -0.2) is 4.39 Å². The number of fused-ring (bicyclic) bond motifs is 3. The van der Waals surface area contributed by atoms with Crippen LogP contribution >= 0.6 is 0 Å². The molecule has 3 aromatic rings. The molecule has 0 fully saturated rings. The summed E-state index contributed by atoms with van der Waals surface area (Å²) in [4.78, 5) is 17.9. The molecule has 2 aliphatic heterocycles. The van der Waals surface area contributed by atoms with E-state index in [2.05, 4.69) is 10.6 Å². The van der Waals surface area contributed by atoms with E-state index in [1.165, 1.54) is 12.1 Å². The second-order valence-electron chi connectivity index (χ2n) is 6.79. The number of benzene rings is 3. The molecule has 0 aliphatic carbocycles. The summed E-state index contributed by atoms with van der Waals surface area (Å²) in [6, 6.07) is 21.6. The molecule has 4 nitrogen and oxygen atoms in total. The highest BCUT2D eigenvalue weighted by Crippen LogP contribution is 2.45. The normalized spacial score (nSPS) is 20.2. The Hall–Kier alpha value is -3.47. The van der Waals surface area contributed by atoms with Crippen LogP contribution < -0.4 is 10.6 Å². The van der Waals surface area contributed by atoms with Crippen LogP contribution in [-0.2, 0) is 10.3 Å². The SMILES string of the molecule is O=C1Nc2ccccc2C12CC(c1ccc(F)cc1)=Nc1ccccc1N2.